The summed E-state index contributed by atoms with van der Waals surface area (Å²) in [6, 6.07) is 17.8. The van der Waals surface area contributed by atoms with Gasteiger partial charge >= 0.3 is 6.97 Å². The fourth-order valence-electron chi connectivity index (χ4n) is 5.14. The predicted octanol–water partition coefficient (Wildman–Crippen LogP) is 5.74. The van der Waals surface area contributed by atoms with Gasteiger partial charge in [-0.3, -0.25) is 0 Å². The molecule has 2 aromatic carbocycles. The molecular weight excluding hydrogens is 445 g/mol. The molecule has 7 heteroatoms. The minimum Gasteiger partial charge on any atom is -0.392 e. The average molecular weight is 474 g/mol. The Balaban J connectivity index is 1.70. The van der Waals surface area contributed by atoms with Crippen LogP contribution in [0.1, 0.15) is 55.0 Å². The van der Waals surface area contributed by atoms with Gasteiger partial charge in [-0.15, -0.1) is 0 Å². The van der Waals surface area contributed by atoms with Gasteiger partial charge in [0.05, 0.1) is 13.2 Å². The Morgan fingerprint density at radius 2 is 1.37 bits per heavy atom. The Morgan fingerprint density at radius 3 is 1.97 bits per heavy atom. The highest BCUT2D eigenvalue weighted by Gasteiger charge is 2.54. The summed E-state index contributed by atoms with van der Waals surface area (Å²) in [4.78, 5) is 0. The molecule has 0 atom stereocenters. The number of aliphatic hydroxyl groups is 2. The molecule has 0 spiro atoms. The van der Waals surface area contributed by atoms with E-state index in [9.17, 15) is 10.2 Å². The Bertz CT molecular complexity index is 1340. The molecule has 0 saturated carbocycles. The maximum atomic E-state index is 16.5. The van der Waals surface area contributed by atoms with Crippen LogP contribution in [-0.2, 0) is 13.2 Å². The molecule has 0 unspecified atom stereocenters. The van der Waals surface area contributed by atoms with Crippen LogP contribution in [0.15, 0.2) is 78.5 Å². The first-order chi connectivity index (χ1) is 17.0. The third-order valence-electron chi connectivity index (χ3n) is 6.97. The molecule has 0 bridgehead atoms. The van der Waals surface area contributed by atoms with E-state index < -0.39 is 6.97 Å². The van der Waals surface area contributed by atoms with Crippen LogP contribution in [0.2, 0.25) is 0 Å². The van der Waals surface area contributed by atoms with Gasteiger partial charge in [0.1, 0.15) is 0 Å². The van der Waals surface area contributed by atoms with Gasteiger partial charge in [0.2, 0.25) is 0 Å². The lowest BCUT2D eigenvalue weighted by Crippen LogP contribution is -2.51. The van der Waals surface area contributed by atoms with Gasteiger partial charge in [-0.1, -0.05) is 56.2 Å². The molecule has 0 aliphatic carbocycles. The molecule has 3 heterocycles. The number of aromatic nitrogens is 1. The predicted molar refractivity (Wildman–Crippen MR) is 136 cm³/mol. The lowest BCUT2D eigenvalue weighted by molar-refractivity contribution is -0.361. The third kappa shape index (κ3) is 3.99. The van der Waals surface area contributed by atoms with Gasteiger partial charge in [0.15, 0.2) is 11.4 Å². The molecule has 3 aromatic rings. The quantitative estimate of drug-likeness (QED) is 0.323. The first-order valence-electron chi connectivity index (χ1n) is 12.2. The van der Waals surface area contributed by atoms with Crippen LogP contribution in [-0.4, -0.2) is 31.9 Å². The van der Waals surface area contributed by atoms with Crippen molar-refractivity contribution >= 4 is 18.3 Å². The first kappa shape index (κ1) is 23.5. The van der Waals surface area contributed by atoms with Crippen LogP contribution in [0.4, 0.5) is 8.63 Å². The third-order valence-corrected chi connectivity index (χ3v) is 6.97. The van der Waals surface area contributed by atoms with Crippen molar-refractivity contribution in [1.82, 2.24) is 4.48 Å². The second-order valence-corrected chi connectivity index (χ2v) is 9.18. The molecule has 4 nitrogen and oxygen atoms in total. The van der Waals surface area contributed by atoms with Crippen molar-refractivity contribution in [3.63, 3.8) is 0 Å². The largest absolute Gasteiger partial charge is 0.737 e. The van der Waals surface area contributed by atoms with Crippen molar-refractivity contribution in [3.8, 4) is 11.3 Å². The number of hydrogen-bond donors (Lipinski definition) is 2. The Hall–Kier alpha value is -3.29. The van der Waals surface area contributed by atoms with Crippen molar-refractivity contribution in [2.45, 2.75) is 45.8 Å². The number of fused-ring (bicyclic) bond motifs is 2. The smallest absolute Gasteiger partial charge is 0.392 e. The van der Waals surface area contributed by atoms with Crippen LogP contribution in [0.25, 0.3) is 16.8 Å². The van der Waals surface area contributed by atoms with Crippen molar-refractivity contribution < 1.29 is 23.3 Å². The van der Waals surface area contributed by atoms with Crippen molar-refractivity contribution in [2.75, 3.05) is 0 Å². The SMILES string of the molecule is CCCCCC1=C2C=CC(c3ccc(CO)cc3)=[N+]2[B-](F)(F)n2c1ccc2-c1ccc(CO)cc1. The summed E-state index contributed by atoms with van der Waals surface area (Å²) in [6.07, 6.45) is 7.35. The van der Waals surface area contributed by atoms with Gasteiger partial charge in [-0.2, -0.15) is 0 Å². The van der Waals surface area contributed by atoms with Crippen molar-refractivity contribution in [3.05, 3.63) is 101 Å². The number of nitrogens with zero attached hydrogens (tertiary/aromatic N) is 2. The van der Waals surface area contributed by atoms with Crippen LogP contribution in [0.3, 0.4) is 0 Å². The summed E-state index contributed by atoms with van der Waals surface area (Å²) >= 11 is 0. The highest BCUT2D eigenvalue weighted by atomic mass is 19.2. The molecule has 2 aliphatic heterocycles. The standard InChI is InChI=1S/C28H29BF2N2O2/c1-2-3-4-5-24-27-16-14-25(22-10-6-20(18-34)7-11-22)32(27)29(30,31)33-26(15-17-28(24)33)23-12-8-21(19-35)9-13-23/h6-17,34-35H,2-5,18-19H2,1H3. The molecule has 5 rings (SSSR count). The van der Waals surface area contributed by atoms with Gasteiger partial charge in [0.25, 0.3) is 0 Å². The van der Waals surface area contributed by atoms with E-state index in [1.807, 2.05) is 12.1 Å². The zero-order valence-electron chi connectivity index (χ0n) is 19.8. The molecular formula is C28H29BF2N2O2. The number of halogens is 2. The number of allylic oxidation sites excluding steroid dienone is 3. The van der Waals surface area contributed by atoms with Crippen LogP contribution in [0, 0.1) is 0 Å². The molecule has 0 amide bonds. The topological polar surface area (TPSA) is 48.4 Å². The van der Waals surface area contributed by atoms with E-state index in [1.165, 1.54) is 8.96 Å². The molecule has 0 radical (unpaired) electrons. The number of rotatable bonds is 8. The Kier molecular flexibility index (Phi) is 6.30. The monoisotopic (exact) mass is 474 g/mol. The first-order valence-corrected chi connectivity index (χ1v) is 12.2. The van der Waals surface area contributed by atoms with Crippen molar-refractivity contribution in [1.29, 1.82) is 0 Å². The van der Waals surface area contributed by atoms with Crippen LogP contribution >= 0.6 is 0 Å². The molecule has 180 valence electrons. The highest BCUT2D eigenvalue weighted by Crippen LogP contribution is 2.42. The minimum atomic E-state index is -4.17. The van der Waals surface area contributed by atoms with E-state index in [-0.39, 0.29) is 13.2 Å². The lowest BCUT2D eigenvalue weighted by atomic mass is 9.85. The number of aliphatic hydroxyl groups excluding tert-OH is 2. The number of unbranched alkanes of at least 4 members (excludes halogenated alkanes) is 2. The van der Waals surface area contributed by atoms with E-state index in [2.05, 4.69) is 6.92 Å². The fourth-order valence-corrected chi connectivity index (χ4v) is 5.14. The normalized spacial score (nSPS) is 16.1. The molecule has 1 aromatic heterocycles. The average Bonchev–Trinajstić information content (AvgIpc) is 3.53. The van der Waals surface area contributed by atoms with Crippen molar-refractivity contribution in [2.24, 2.45) is 0 Å². The second-order valence-electron chi connectivity index (χ2n) is 9.18. The van der Waals surface area contributed by atoms with E-state index in [0.29, 0.717) is 33.9 Å². The fraction of sp³-hybridized carbons (Fsp3) is 0.250. The molecule has 35 heavy (non-hydrogen) atoms. The molecule has 2 N–H and O–H groups in total. The number of hydrogen-bond acceptors (Lipinski definition) is 2. The number of benzene rings is 2. The van der Waals surface area contributed by atoms with Gasteiger partial charge in [0, 0.05) is 34.7 Å². The molecule has 0 fully saturated rings. The minimum absolute atomic E-state index is 0.0901. The second kappa shape index (κ2) is 9.40. The summed E-state index contributed by atoms with van der Waals surface area (Å²) in [5.74, 6) is 0. The van der Waals surface area contributed by atoms with Gasteiger partial charge in [-0.05, 0) is 53.8 Å². The summed E-state index contributed by atoms with van der Waals surface area (Å²) < 4.78 is 35.4. The van der Waals surface area contributed by atoms with Crippen LogP contribution in [0.5, 0.6) is 0 Å². The van der Waals surface area contributed by atoms with Gasteiger partial charge in [-0.25, -0.2) is 0 Å². The van der Waals surface area contributed by atoms with E-state index in [0.717, 1.165) is 42.4 Å². The summed E-state index contributed by atoms with van der Waals surface area (Å²) in [5.41, 5.74) is 5.85. The molecule has 0 saturated heterocycles. The highest BCUT2D eigenvalue weighted by molar-refractivity contribution is 6.59. The van der Waals surface area contributed by atoms with Gasteiger partial charge < -0.3 is 27.8 Å². The summed E-state index contributed by atoms with van der Waals surface area (Å²) in [5, 5.41) is 18.8. The maximum Gasteiger partial charge on any atom is 0.737 e. The summed E-state index contributed by atoms with van der Waals surface area (Å²) in [7, 11) is 0. The molecule has 2 aliphatic rings. The zero-order valence-corrected chi connectivity index (χ0v) is 19.8. The lowest BCUT2D eigenvalue weighted by Gasteiger charge is -2.33. The Morgan fingerprint density at radius 1 is 0.771 bits per heavy atom. The Labute approximate surface area is 204 Å². The van der Waals surface area contributed by atoms with E-state index in [1.54, 1.807) is 60.7 Å². The van der Waals surface area contributed by atoms with E-state index in [4.69, 9.17) is 0 Å². The maximum absolute atomic E-state index is 16.5. The summed E-state index contributed by atoms with van der Waals surface area (Å²) in [6.45, 7) is -2.22. The van der Waals surface area contributed by atoms with Crippen LogP contribution < -0.4 is 0 Å². The zero-order chi connectivity index (χ0) is 24.6. The van der Waals surface area contributed by atoms with E-state index >= 15 is 8.63 Å².